The number of carbonyl (C=O) groups excluding carboxylic acids is 1. The van der Waals surface area contributed by atoms with Crippen LogP contribution in [0.5, 0.6) is 5.75 Å². The van der Waals surface area contributed by atoms with Gasteiger partial charge in [0.2, 0.25) is 0 Å². The van der Waals surface area contributed by atoms with E-state index in [1.54, 1.807) is 12.1 Å². The highest BCUT2D eigenvalue weighted by molar-refractivity contribution is 6.32. The Kier molecular flexibility index (Phi) is 4.95. The summed E-state index contributed by atoms with van der Waals surface area (Å²) in [6.45, 7) is 5.79. The summed E-state index contributed by atoms with van der Waals surface area (Å²) in [5, 5.41) is 0.509. The Morgan fingerprint density at radius 1 is 1.17 bits per heavy atom. The zero-order valence-electron chi connectivity index (χ0n) is 13.9. The van der Waals surface area contributed by atoms with Crippen LogP contribution in [0.3, 0.4) is 0 Å². The van der Waals surface area contributed by atoms with Crippen LogP contribution in [0.4, 0.5) is 11.4 Å². The van der Waals surface area contributed by atoms with Gasteiger partial charge < -0.3 is 14.5 Å². The maximum absolute atomic E-state index is 12.7. The normalized spacial score (nSPS) is 16.7. The molecule has 1 aliphatic heterocycles. The third-order valence-electron chi connectivity index (χ3n) is 4.29. The number of hydrogen-bond donors (Lipinski definition) is 0. The molecule has 126 valence electrons. The molecule has 1 atom stereocenters. The number of carbonyl (C=O) groups is 1. The van der Waals surface area contributed by atoms with Crippen molar-refractivity contribution in [2.24, 2.45) is 0 Å². The molecule has 0 N–H and O–H groups in total. The second-order valence-corrected chi connectivity index (χ2v) is 6.25. The van der Waals surface area contributed by atoms with Crippen LogP contribution in [-0.2, 0) is 4.79 Å². The van der Waals surface area contributed by atoms with Crippen molar-refractivity contribution >= 4 is 28.9 Å². The number of nitrogens with zero attached hydrogens (tertiary/aromatic N) is 2. The Bertz CT molecular complexity index is 735. The molecule has 1 aliphatic rings. The highest BCUT2D eigenvalue weighted by atomic mass is 35.5. The first-order valence-electron chi connectivity index (χ1n) is 8.15. The van der Waals surface area contributed by atoms with Crippen molar-refractivity contribution in [2.45, 2.75) is 19.9 Å². The number of rotatable bonds is 4. The van der Waals surface area contributed by atoms with E-state index in [2.05, 4.69) is 24.8 Å². The molecule has 0 aromatic heterocycles. The number of hydrogen-bond acceptors (Lipinski definition) is 3. The molecule has 0 bridgehead atoms. The van der Waals surface area contributed by atoms with E-state index >= 15 is 0 Å². The van der Waals surface area contributed by atoms with E-state index in [4.69, 9.17) is 16.3 Å². The standard InChI is InChI=1S/C19H21ClN2O2/c1-3-21-14(2)12-22(17-10-6-5-9-16(17)21)19(23)13-24-18-11-7-4-8-15(18)20/h4-11,14H,3,12-13H2,1-2H3. The average Bonchev–Trinajstić information content (AvgIpc) is 2.60. The second-order valence-electron chi connectivity index (χ2n) is 5.85. The van der Waals surface area contributed by atoms with Gasteiger partial charge in [0.25, 0.3) is 5.91 Å². The first-order valence-corrected chi connectivity index (χ1v) is 8.53. The van der Waals surface area contributed by atoms with Crippen molar-refractivity contribution in [3.63, 3.8) is 0 Å². The summed E-state index contributed by atoms with van der Waals surface area (Å²) in [5.74, 6) is 0.464. The monoisotopic (exact) mass is 344 g/mol. The molecule has 4 nitrogen and oxygen atoms in total. The first kappa shape index (κ1) is 16.7. The number of benzene rings is 2. The zero-order valence-corrected chi connectivity index (χ0v) is 14.7. The van der Waals surface area contributed by atoms with Crippen LogP contribution >= 0.6 is 11.6 Å². The smallest absolute Gasteiger partial charge is 0.265 e. The minimum Gasteiger partial charge on any atom is -0.482 e. The topological polar surface area (TPSA) is 32.8 Å². The van der Waals surface area contributed by atoms with Gasteiger partial charge in [-0.15, -0.1) is 0 Å². The Labute approximate surface area is 147 Å². The zero-order chi connectivity index (χ0) is 17.1. The number of likely N-dealkylation sites (N-methyl/N-ethyl adjacent to an activating group) is 1. The van der Waals surface area contributed by atoms with Crippen LogP contribution < -0.4 is 14.5 Å². The minimum absolute atomic E-state index is 0.0308. The number of amides is 1. The van der Waals surface area contributed by atoms with Crippen LogP contribution in [0.1, 0.15) is 13.8 Å². The highest BCUT2D eigenvalue weighted by Crippen LogP contribution is 2.35. The minimum atomic E-state index is -0.0648. The maximum atomic E-state index is 12.7. The summed E-state index contributed by atoms with van der Waals surface area (Å²) < 4.78 is 5.62. The predicted octanol–water partition coefficient (Wildman–Crippen LogP) is 3.98. The Balaban J connectivity index is 1.79. The summed E-state index contributed by atoms with van der Waals surface area (Å²) in [5.41, 5.74) is 2.02. The molecular weight excluding hydrogens is 324 g/mol. The van der Waals surface area contributed by atoms with Crippen LogP contribution in [0.15, 0.2) is 48.5 Å². The highest BCUT2D eigenvalue weighted by Gasteiger charge is 2.30. The molecule has 5 heteroatoms. The van der Waals surface area contributed by atoms with Gasteiger partial charge in [-0.05, 0) is 38.1 Å². The third-order valence-corrected chi connectivity index (χ3v) is 4.60. The predicted molar refractivity (Wildman–Crippen MR) is 98.2 cm³/mol. The van der Waals surface area contributed by atoms with Gasteiger partial charge in [0.05, 0.1) is 16.4 Å². The fraction of sp³-hybridized carbons (Fsp3) is 0.316. The fourth-order valence-corrected chi connectivity index (χ4v) is 3.32. The molecule has 0 aliphatic carbocycles. The summed E-state index contributed by atoms with van der Waals surface area (Å²) >= 11 is 6.08. The molecule has 24 heavy (non-hydrogen) atoms. The van der Waals surface area contributed by atoms with E-state index in [0.29, 0.717) is 17.3 Å². The van der Waals surface area contributed by atoms with Crippen LogP contribution in [0.25, 0.3) is 0 Å². The van der Waals surface area contributed by atoms with E-state index in [9.17, 15) is 4.79 Å². The number of ether oxygens (including phenoxy) is 1. The van der Waals surface area contributed by atoms with E-state index < -0.39 is 0 Å². The van der Waals surface area contributed by atoms with Crippen molar-refractivity contribution in [3.05, 3.63) is 53.6 Å². The number of fused-ring (bicyclic) bond motifs is 1. The number of halogens is 1. The lowest BCUT2D eigenvalue weighted by atomic mass is 10.1. The lowest BCUT2D eigenvalue weighted by molar-refractivity contribution is -0.120. The first-order chi connectivity index (χ1) is 11.6. The van der Waals surface area contributed by atoms with Gasteiger partial charge in [-0.1, -0.05) is 35.9 Å². The second kappa shape index (κ2) is 7.14. The van der Waals surface area contributed by atoms with Gasteiger partial charge in [-0.3, -0.25) is 4.79 Å². The average molecular weight is 345 g/mol. The van der Waals surface area contributed by atoms with Gasteiger partial charge in [-0.25, -0.2) is 0 Å². The Morgan fingerprint density at radius 3 is 2.54 bits per heavy atom. The van der Waals surface area contributed by atoms with E-state index in [0.717, 1.165) is 17.9 Å². The van der Waals surface area contributed by atoms with Gasteiger partial charge in [0.15, 0.2) is 6.61 Å². The van der Waals surface area contributed by atoms with Crippen LogP contribution in [-0.4, -0.2) is 31.6 Å². The SMILES string of the molecule is CCN1c2ccccc2N(C(=O)COc2ccccc2Cl)CC1C. The maximum Gasteiger partial charge on any atom is 0.265 e. The number of para-hydroxylation sites is 3. The summed E-state index contributed by atoms with van der Waals surface area (Å²) in [7, 11) is 0. The molecule has 0 radical (unpaired) electrons. The molecule has 0 saturated carbocycles. The molecule has 1 unspecified atom stereocenters. The van der Waals surface area contributed by atoms with Gasteiger partial charge in [-0.2, -0.15) is 0 Å². The fourth-order valence-electron chi connectivity index (χ4n) is 3.13. The molecule has 0 saturated heterocycles. The summed E-state index contributed by atoms with van der Waals surface area (Å²) in [4.78, 5) is 16.8. The molecule has 2 aromatic carbocycles. The quantitative estimate of drug-likeness (QED) is 0.841. The van der Waals surface area contributed by atoms with Crippen molar-refractivity contribution in [3.8, 4) is 5.75 Å². The third kappa shape index (κ3) is 3.20. The van der Waals surface area contributed by atoms with E-state index in [-0.39, 0.29) is 18.6 Å². The summed E-state index contributed by atoms with van der Waals surface area (Å²) in [6.07, 6.45) is 0. The van der Waals surface area contributed by atoms with E-state index in [1.807, 2.05) is 35.2 Å². The van der Waals surface area contributed by atoms with E-state index in [1.165, 1.54) is 0 Å². The van der Waals surface area contributed by atoms with Crippen molar-refractivity contribution in [1.82, 2.24) is 0 Å². The van der Waals surface area contributed by atoms with Crippen molar-refractivity contribution < 1.29 is 9.53 Å². The Morgan fingerprint density at radius 2 is 1.83 bits per heavy atom. The van der Waals surface area contributed by atoms with Crippen LogP contribution in [0, 0.1) is 0 Å². The molecule has 1 heterocycles. The lowest BCUT2D eigenvalue weighted by Gasteiger charge is -2.41. The largest absolute Gasteiger partial charge is 0.482 e. The van der Waals surface area contributed by atoms with Crippen LogP contribution in [0.2, 0.25) is 5.02 Å². The van der Waals surface area contributed by atoms with Gasteiger partial charge >= 0.3 is 0 Å². The Hall–Kier alpha value is -2.20. The van der Waals surface area contributed by atoms with Gasteiger partial charge in [0, 0.05) is 19.1 Å². The number of anilines is 2. The summed E-state index contributed by atoms with van der Waals surface area (Å²) in [6, 6.07) is 15.4. The molecule has 3 rings (SSSR count). The molecule has 1 amide bonds. The molecule has 2 aromatic rings. The molecule has 0 spiro atoms. The molecule has 0 fully saturated rings. The van der Waals surface area contributed by atoms with Crippen molar-refractivity contribution in [1.29, 1.82) is 0 Å². The van der Waals surface area contributed by atoms with Gasteiger partial charge in [0.1, 0.15) is 5.75 Å². The lowest BCUT2D eigenvalue weighted by Crippen LogP contribution is -2.50. The molecular formula is C19H21ClN2O2. The van der Waals surface area contributed by atoms with Crippen molar-refractivity contribution in [2.75, 3.05) is 29.5 Å².